The molecule has 2 atom stereocenters. The summed E-state index contributed by atoms with van der Waals surface area (Å²) in [4.78, 5) is 2.26. The van der Waals surface area contributed by atoms with Crippen molar-refractivity contribution in [2.24, 2.45) is 11.7 Å². The third-order valence-electron chi connectivity index (χ3n) is 3.07. The fraction of sp³-hybridized carbons (Fsp3) is 0.571. The molecule has 0 saturated heterocycles. The third kappa shape index (κ3) is 4.86. The van der Waals surface area contributed by atoms with Gasteiger partial charge >= 0.3 is 0 Å². The van der Waals surface area contributed by atoms with Gasteiger partial charge in [-0.1, -0.05) is 37.3 Å². The zero-order valence-electron chi connectivity index (χ0n) is 11.1. The first-order chi connectivity index (χ1) is 8.15. The molecule has 0 bridgehead atoms. The van der Waals surface area contributed by atoms with Crippen LogP contribution in [0.4, 0.5) is 0 Å². The zero-order valence-corrected chi connectivity index (χ0v) is 11.1. The summed E-state index contributed by atoms with van der Waals surface area (Å²) >= 11 is 0. The monoisotopic (exact) mass is 236 g/mol. The molecular formula is C14H24N2O. The van der Waals surface area contributed by atoms with Crippen molar-refractivity contribution in [3.8, 4) is 0 Å². The molecule has 1 aromatic rings. The molecule has 2 N–H and O–H groups in total. The Hall–Kier alpha value is -0.900. The van der Waals surface area contributed by atoms with E-state index in [1.807, 2.05) is 18.2 Å². The lowest BCUT2D eigenvalue weighted by atomic mass is 9.95. The van der Waals surface area contributed by atoms with Gasteiger partial charge in [-0.3, -0.25) is 0 Å². The van der Waals surface area contributed by atoms with Gasteiger partial charge < -0.3 is 15.4 Å². The van der Waals surface area contributed by atoms with Gasteiger partial charge in [0.25, 0.3) is 0 Å². The lowest BCUT2D eigenvalue weighted by Gasteiger charge is -2.25. The van der Waals surface area contributed by atoms with E-state index >= 15 is 0 Å². The first-order valence-electron chi connectivity index (χ1n) is 6.13. The average Bonchev–Trinajstić information content (AvgIpc) is 2.36. The Kier molecular flexibility index (Phi) is 6.19. The van der Waals surface area contributed by atoms with E-state index in [0.717, 1.165) is 19.7 Å². The molecule has 3 heteroatoms. The van der Waals surface area contributed by atoms with Crippen LogP contribution in [-0.2, 0) is 4.74 Å². The van der Waals surface area contributed by atoms with Crippen LogP contribution < -0.4 is 5.73 Å². The van der Waals surface area contributed by atoms with Crippen molar-refractivity contribution in [3.05, 3.63) is 35.9 Å². The molecule has 0 aliphatic rings. The van der Waals surface area contributed by atoms with Gasteiger partial charge in [-0.25, -0.2) is 0 Å². The summed E-state index contributed by atoms with van der Waals surface area (Å²) in [6.07, 6.45) is 0. The lowest BCUT2D eigenvalue weighted by Crippen LogP contribution is -2.32. The van der Waals surface area contributed by atoms with Crippen molar-refractivity contribution in [2.75, 3.05) is 33.9 Å². The number of nitrogens with zero attached hydrogens (tertiary/aromatic N) is 1. The minimum atomic E-state index is 0.0983. The zero-order chi connectivity index (χ0) is 12.7. The lowest BCUT2D eigenvalue weighted by molar-refractivity contribution is 0.150. The van der Waals surface area contributed by atoms with E-state index in [0.29, 0.717) is 5.92 Å². The van der Waals surface area contributed by atoms with Crippen LogP contribution in [0.3, 0.4) is 0 Å². The summed E-state index contributed by atoms with van der Waals surface area (Å²) < 4.78 is 5.07. The molecule has 0 aromatic heterocycles. The van der Waals surface area contributed by atoms with Gasteiger partial charge in [0.1, 0.15) is 0 Å². The standard InChI is InChI=1S/C14H24N2O/c1-12(11-16(2)9-10-17-3)14(15)13-7-5-4-6-8-13/h4-8,12,14H,9-11,15H2,1-3H3. The molecule has 3 nitrogen and oxygen atoms in total. The third-order valence-corrected chi connectivity index (χ3v) is 3.07. The van der Waals surface area contributed by atoms with Crippen molar-refractivity contribution >= 4 is 0 Å². The number of benzene rings is 1. The summed E-state index contributed by atoms with van der Waals surface area (Å²) in [6.45, 7) is 4.90. The Morgan fingerprint density at radius 2 is 1.94 bits per heavy atom. The molecule has 0 aliphatic carbocycles. The summed E-state index contributed by atoms with van der Waals surface area (Å²) in [6, 6.07) is 10.4. The van der Waals surface area contributed by atoms with E-state index in [1.165, 1.54) is 5.56 Å². The molecule has 0 spiro atoms. The second kappa shape index (κ2) is 7.43. The molecule has 0 heterocycles. The van der Waals surface area contributed by atoms with Gasteiger partial charge in [0.15, 0.2) is 0 Å². The predicted octanol–water partition coefficient (Wildman–Crippen LogP) is 1.90. The first kappa shape index (κ1) is 14.2. The fourth-order valence-electron chi connectivity index (χ4n) is 1.95. The minimum absolute atomic E-state index is 0.0983. The second-order valence-electron chi connectivity index (χ2n) is 4.67. The van der Waals surface area contributed by atoms with Crippen LogP contribution in [0.2, 0.25) is 0 Å². The number of methoxy groups -OCH3 is 1. The highest BCUT2D eigenvalue weighted by molar-refractivity contribution is 5.19. The SMILES string of the molecule is COCCN(C)CC(C)C(N)c1ccccc1. The normalized spacial score (nSPS) is 14.9. The van der Waals surface area contributed by atoms with E-state index < -0.39 is 0 Å². The molecule has 0 radical (unpaired) electrons. The Morgan fingerprint density at radius 1 is 1.29 bits per heavy atom. The fourth-order valence-corrected chi connectivity index (χ4v) is 1.95. The summed E-state index contributed by atoms with van der Waals surface area (Å²) in [5.74, 6) is 0.430. The molecule has 0 fully saturated rings. The molecule has 1 aromatic carbocycles. The van der Waals surface area contributed by atoms with Crippen LogP contribution in [0.15, 0.2) is 30.3 Å². The summed E-state index contributed by atoms with van der Waals surface area (Å²) in [5, 5.41) is 0. The van der Waals surface area contributed by atoms with Crippen LogP contribution in [-0.4, -0.2) is 38.8 Å². The van der Waals surface area contributed by atoms with Crippen LogP contribution in [0.5, 0.6) is 0 Å². The van der Waals surface area contributed by atoms with Gasteiger partial charge in [-0.2, -0.15) is 0 Å². The average molecular weight is 236 g/mol. The summed E-state index contributed by atoms with van der Waals surface area (Å²) in [7, 11) is 3.83. The largest absolute Gasteiger partial charge is 0.383 e. The smallest absolute Gasteiger partial charge is 0.0589 e. The highest BCUT2D eigenvalue weighted by Gasteiger charge is 2.16. The number of likely N-dealkylation sites (N-methyl/N-ethyl adjacent to an activating group) is 1. The molecule has 0 aliphatic heterocycles. The highest BCUT2D eigenvalue weighted by Crippen LogP contribution is 2.19. The number of hydrogen-bond donors (Lipinski definition) is 1. The van der Waals surface area contributed by atoms with Crippen molar-refractivity contribution < 1.29 is 4.74 Å². The Morgan fingerprint density at radius 3 is 2.53 bits per heavy atom. The van der Waals surface area contributed by atoms with E-state index in [4.69, 9.17) is 10.5 Å². The van der Waals surface area contributed by atoms with E-state index in [-0.39, 0.29) is 6.04 Å². The predicted molar refractivity (Wildman–Crippen MR) is 71.9 cm³/mol. The number of nitrogens with two attached hydrogens (primary N) is 1. The maximum atomic E-state index is 6.26. The van der Waals surface area contributed by atoms with Crippen molar-refractivity contribution in [1.29, 1.82) is 0 Å². The van der Waals surface area contributed by atoms with E-state index in [9.17, 15) is 0 Å². The van der Waals surface area contributed by atoms with Crippen LogP contribution >= 0.6 is 0 Å². The van der Waals surface area contributed by atoms with Gasteiger partial charge in [-0.15, -0.1) is 0 Å². The van der Waals surface area contributed by atoms with Gasteiger partial charge in [0.05, 0.1) is 6.61 Å². The molecule has 0 amide bonds. The number of rotatable bonds is 7. The second-order valence-corrected chi connectivity index (χ2v) is 4.67. The molecule has 17 heavy (non-hydrogen) atoms. The quantitative estimate of drug-likeness (QED) is 0.786. The minimum Gasteiger partial charge on any atom is -0.383 e. The molecule has 2 unspecified atom stereocenters. The Bertz CT molecular complexity index is 302. The maximum absolute atomic E-state index is 6.26. The molecule has 0 saturated carbocycles. The van der Waals surface area contributed by atoms with E-state index in [1.54, 1.807) is 7.11 Å². The number of ether oxygens (including phenoxy) is 1. The first-order valence-corrected chi connectivity index (χ1v) is 6.13. The van der Waals surface area contributed by atoms with Crippen molar-refractivity contribution in [2.45, 2.75) is 13.0 Å². The summed E-state index contributed by atoms with van der Waals surface area (Å²) in [5.41, 5.74) is 7.47. The van der Waals surface area contributed by atoms with Crippen LogP contribution in [0, 0.1) is 5.92 Å². The van der Waals surface area contributed by atoms with Crippen LogP contribution in [0.1, 0.15) is 18.5 Å². The van der Waals surface area contributed by atoms with Crippen molar-refractivity contribution in [3.63, 3.8) is 0 Å². The van der Waals surface area contributed by atoms with Crippen LogP contribution in [0.25, 0.3) is 0 Å². The van der Waals surface area contributed by atoms with Gasteiger partial charge in [-0.05, 0) is 18.5 Å². The molecular weight excluding hydrogens is 212 g/mol. The number of hydrogen-bond acceptors (Lipinski definition) is 3. The Labute approximate surface area is 105 Å². The topological polar surface area (TPSA) is 38.5 Å². The Balaban J connectivity index is 2.44. The molecule has 96 valence electrons. The van der Waals surface area contributed by atoms with Gasteiger partial charge in [0.2, 0.25) is 0 Å². The van der Waals surface area contributed by atoms with Crippen molar-refractivity contribution in [1.82, 2.24) is 4.90 Å². The molecule has 1 rings (SSSR count). The van der Waals surface area contributed by atoms with E-state index in [2.05, 4.69) is 31.0 Å². The maximum Gasteiger partial charge on any atom is 0.0589 e. The highest BCUT2D eigenvalue weighted by atomic mass is 16.5. The van der Waals surface area contributed by atoms with Gasteiger partial charge in [0, 0.05) is 26.2 Å².